The van der Waals surface area contributed by atoms with Gasteiger partial charge >= 0.3 is 23.9 Å². The Hall–Kier alpha value is -4.62. The van der Waals surface area contributed by atoms with Gasteiger partial charge in [0, 0.05) is 19.3 Å². The summed E-state index contributed by atoms with van der Waals surface area (Å²) in [4.78, 5) is 51.3. The molecule has 0 aromatic rings. The third-order valence-corrected chi connectivity index (χ3v) is 13.8. The van der Waals surface area contributed by atoms with Crippen molar-refractivity contribution in [1.29, 1.82) is 0 Å². The van der Waals surface area contributed by atoms with Crippen LogP contribution in [0.1, 0.15) is 252 Å². The Morgan fingerprint density at radius 2 is 0.778 bits per heavy atom. The normalized spacial score (nSPS) is 18.5. The predicted octanol–water partition coefficient (Wildman–Crippen LogP) is 17.0. The maximum absolute atomic E-state index is 13.2. The lowest BCUT2D eigenvalue weighted by Gasteiger charge is -2.40. The maximum Gasteiger partial charge on any atom is 0.335 e. The van der Waals surface area contributed by atoms with Gasteiger partial charge in [0.15, 0.2) is 24.6 Å². The smallest absolute Gasteiger partial charge is 0.335 e. The molecule has 1 fully saturated rings. The van der Waals surface area contributed by atoms with Crippen molar-refractivity contribution >= 4 is 23.9 Å². The molecule has 0 aliphatic carbocycles. The van der Waals surface area contributed by atoms with Crippen molar-refractivity contribution in [3.05, 3.63) is 109 Å². The molecule has 1 heterocycles. The van der Waals surface area contributed by atoms with Crippen LogP contribution in [-0.2, 0) is 42.9 Å². The zero-order valence-electron chi connectivity index (χ0n) is 50.7. The first kappa shape index (κ1) is 74.4. The molecule has 1 aliphatic rings. The van der Waals surface area contributed by atoms with Crippen LogP contribution in [0.15, 0.2) is 109 Å². The van der Waals surface area contributed by atoms with Gasteiger partial charge in [0.2, 0.25) is 0 Å². The Balaban J connectivity index is 2.71. The average molecular weight is 1130 g/mol. The fourth-order valence-corrected chi connectivity index (χ4v) is 8.99. The summed E-state index contributed by atoms with van der Waals surface area (Å²) in [5.74, 6) is -3.20. The first-order valence-electron chi connectivity index (χ1n) is 31.9. The number of allylic oxidation sites excluding steroid dienone is 18. The van der Waals surface area contributed by atoms with Gasteiger partial charge in [-0.05, 0) is 122 Å². The lowest BCUT2D eigenvalue weighted by molar-refractivity contribution is -0.301. The molecule has 6 atom stereocenters. The Bertz CT molecular complexity index is 1820. The van der Waals surface area contributed by atoms with Gasteiger partial charge in [-0.2, -0.15) is 0 Å². The van der Waals surface area contributed by atoms with Gasteiger partial charge in [-0.3, -0.25) is 14.4 Å². The summed E-state index contributed by atoms with van der Waals surface area (Å²) in [6.07, 6.45) is 63.3. The summed E-state index contributed by atoms with van der Waals surface area (Å²) in [6, 6.07) is 0. The van der Waals surface area contributed by atoms with Crippen LogP contribution in [0.3, 0.4) is 0 Å². The van der Waals surface area contributed by atoms with Gasteiger partial charge in [0.05, 0.1) is 6.61 Å². The van der Waals surface area contributed by atoms with Crippen molar-refractivity contribution < 1.29 is 58.2 Å². The molecular formula is C69H112O12. The number of carboxylic acids is 1. The van der Waals surface area contributed by atoms with Gasteiger partial charge in [-0.25, -0.2) is 4.79 Å². The number of carbonyl (C=O) groups excluding carboxylic acids is 3. The number of carbonyl (C=O) groups is 4. The third-order valence-electron chi connectivity index (χ3n) is 13.8. The zero-order chi connectivity index (χ0) is 58.9. The van der Waals surface area contributed by atoms with Crippen LogP contribution in [0.2, 0.25) is 0 Å². The van der Waals surface area contributed by atoms with E-state index in [-0.39, 0.29) is 25.9 Å². The summed E-state index contributed by atoms with van der Waals surface area (Å²) >= 11 is 0. The number of esters is 3. The van der Waals surface area contributed by atoms with E-state index in [4.69, 9.17) is 23.7 Å². The van der Waals surface area contributed by atoms with E-state index in [0.29, 0.717) is 19.3 Å². The monoisotopic (exact) mass is 1130 g/mol. The molecule has 0 bridgehead atoms. The van der Waals surface area contributed by atoms with Crippen LogP contribution in [0.4, 0.5) is 0 Å². The van der Waals surface area contributed by atoms with Gasteiger partial charge in [0.25, 0.3) is 0 Å². The molecule has 1 saturated heterocycles. The van der Waals surface area contributed by atoms with Crippen LogP contribution in [-0.4, -0.2) is 89.2 Å². The van der Waals surface area contributed by atoms with Crippen molar-refractivity contribution in [2.24, 2.45) is 0 Å². The molecule has 0 aromatic heterocycles. The van der Waals surface area contributed by atoms with Crippen molar-refractivity contribution in [3.8, 4) is 0 Å². The van der Waals surface area contributed by atoms with Crippen LogP contribution in [0.5, 0.6) is 0 Å². The molecule has 460 valence electrons. The Kier molecular flexibility index (Phi) is 51.3. The van der Waals surface area contributed by atoms with E-state index in [1.54, 1.807) is 0 Å². The summed E-state index contributed by atoms with van der Waals surface area (Å²) < 4.78 is 28.5. The number of unbranched alkanes of at least 4 members (excludes halogenated alkanes) is 21. The van der Waals surface area contributed by atoms with E-state index in [0.717, 1.165) is 135 Å². The van der Waals surface area contributed by atoms with E-state index in [2.05, 4.69) is 130 Å². The van der Waals surface area contributed by atoms with Gasteiger partial charge in [-0.15, -0.1) is 0 Å². The first-order chi connectivity index (χ1) is 39.6. The second-order valence-corrected chi connectivity index (χ2v) is 21.3. The van der Waals surface area contributed by atoms with Crippen molar-refractivity contribution in [3.63, 3.8) is 0 Å². The molecule has 0 saturated carbocycles. The van der Waals surface area contributed by atoms with Crippen LogP contribution < -0.4 is 0 Å². The topological polar surface area (TPSA) is 175 Å². The standard InChI is InChI=1S/C69H112O12/c1-4-7-10-13-16-19-22-25-28-30-31-33-35-37-40-43-46-49-52-55-61(70)77-58-60(79-62(71)56-53-50-47-44-41-39-36-32-29-26-23-20-17-14-11-8-5-2)59-78-69-67(65(74)64(73)66(81-69)68(75)76)80-63(72)57-54-51-48-45-42-38-34-27-24-21-18-15-12-9-6-3/h7,9-10,12,16,18-19,21,25-29,31,33-34,37,40,60,64-67,69,73-74H,4-6,8,11,13-15,17,20,22-24,30,32,35-36,38-39,41-59H2,1-3H3,(H,75,76)/b10-7-,12-9-,19-16-,21-18-,28-25-,29-26-,33-31-,34-27-,40-37-. The molecule has 0 amide bonds. The SMILES string of the molecule is CC/C=C\C/C=C\C/C=C\C/C=C\C/C=C\CCCCCC(=O)OCC(COC1OC(C(=O)O)C(O)C(O)C1OC(=O)CCCCCCC/C=C\C/C=C\C/C=C\CC)OC(=O)CCCCCCCCC/C=C\CCCCCCCC. The van der Waals surface area contributed by atoms with Gasteiger partial charge in [-0.1, -0.05) is 220 Å². The van der Waals surface area contributed by atoms with Crippen LogP contribution in [0, 0.1) is 0 Å². The molecule has 1 rings (SSSR count). The Labute approximate surface area is 491 Å². The molecule has 6 unspecified atom stereocenters. The molecular weight excluding hydrogens is 1020 g/mol. The molecule has 1 aliphatic heterocycles. The number of ether oxygens (including phenoxy) is 5. The summed E-state index contributed by atoms with van der Waals surface area (Å²) in [5, 5.41) is 31.6. The Morgan fingerprint density at radius 1 is 0.420 bits per heavy atom. The number of aliphatic hydroxyl groups is 2. The molecule has 0 spiro atoms. The molecule has 3 N–H and O–H groups in total. The molecule has 0 radical (unpaired) electrons. The molecule has 12 nitrogen and oxygen atoms in total. The average Bonchev–Trinajstić information content (AvgIpc) is 3.53. The van der Waals surface area contributed by atoms with E-state index in [1.165, 1.54) is 57.8 Å². The van der Waals surface area contributed by atoms with Gasteiger partial charge in [0.1, 0.15) is 18.8 Å². The predicted molar refractivity (Wildman–Crippen MR) is 330 cm³/mol. The first-order valence-corrected chi connectivity index (χ1v) is 31.9. The number of aliphatic carboxylic acids is 1. The van der Waals surface area contributed by atoms with E-state index < -0.39 is 67.3 Å². The second kappa shape index (κ2) is 55.9. The molecule has 12 heteroatoms. The van der Waals surface area contributed by atoms with Gasteiger partial charge < -0.3 is 39.0 Å². The quantitative estimate of drug-likeness (QED) is 0.0228. The highest BCUT2D eigenvalue weighted by Crippen LogP contribution is 2.26. The summed E-state index contributed by atoms with van der Waals surface area (Å²) in [5.41, 5.74) is 0. The zero-order valence-corrected chi connectivity index (χ0v) is 50.7. The highest BCUT2D eigenvalue weighted by atomic mass is 16.7. The summed E-state index contributed by atoms with van der Waals surface area (Å²) in [6.45, 7) is 5.73. The fourth-order valence-electron chi connectivity index (χ4n) is 8.99. The lowest BCUT2D eigenvalue weighted by atomic mass is 9.98. The third kappa shape index (κ3) is 45.6. The molecule has 81 heavy (non-hydrogen) atoms. The lowest BCUT2D eigenvalue weighted by Crippen LogP contribution is -2.61. The fraction of sp³-hybridized carbons (Fsp3) is 0.681. The number of aliphatic hydroxyl groups excluding tert-OH is 2. The number of rotatable bonds is 53. The van der Waals surface area contributed by atoms with E-state index >= 15 is 0 Å². The van der Waals surface area contributed by atoms with E-state index in [9.17, 15) is 34.5 Å². The van der Waals surface area contributed by atoms with Crippen molar-refractivity contribution in [2.45, 2.75) is 289 Å². The van der Waals surface area contributed by atoms with Crippen LogP contribution >= 0.6 is 0 Å². The number of hydrogen-bond donors (Lipinski definition) is 3. The minimum absolute atomic E-state index is 0.0324. The second-order valence-electron chi connectivity index (χ2n) is 21.3. The minimum Gasteiger partial charge on any atom is -0.479 e. The minimum atomic E-state index is -1.92. The van der Waals surface area contributed by atoms with Crippen molar-refractivity contribution in [1.82, 2.24) is 0 Å². The highest BCUT2D eigenvalue weighted by Gasteiger charge is 2.50. The van der Waals surface area contributed by atoms with Crippen LogP contribution in [0.25, 0.3) is 0 Å². The highest BCUT2D eigenvalue weighted by molar-refractivity contribution is 5.74. The largest absolute Gasteiger partial charge is 0.479 e. The maximum atomic E-state index is 13.2. The number of hydrogen-bond acceptors (Lipinski definition) is 11. The molecule has 0 aromatic carbocycles. The van der Waals surface area contributed by atoms with Crippen molar-refractivity contribution in [2.75, 3.05) is 13.2 Å². The number of carboxylic acid groups (broad SMARTS) is 1. The van der Waals surface area contributed by atoms with E-state index in [1.807, 2.05) is 0 Å². The Morgan fingerprint density at radius 3 is 1.21 bits per heavy atom. The summed E-state index contributed by atoms with van der Waals surface area (Å²) in [7, 11) is 0.